The Balaban J connectivity index is 1.69. The van der Waals surface area contributed by atoms with Crippen LogP contribution in [0.25, 0.3) is 0 Å². The van der Waals surface area contributed by atoms with Gasteiger partial charge in [-0.2, -0.15) is 5.10 Å². The van der Waals surface area contributed by atoms with Crippen molar-refractivity contribution in [1.29, 1.82) is 0 Å². The van der Waals surface area contributed by atoms with E-state index < -0.39 is 10.0 Å². The number of aromatic amines is 1. The fourth-order valence-corrected chi connectivity index (χ4v) is 2.24. The van der Waals surface area contributed by atoms with Gasteiger partial charge in [0.2, 0.25) is 10.0 Å². The predicted octanol–water partition coefficient (Wildman–Crippen LogP) is -0.419. The molecule has 0 atom stereocenters. The van der Waals surface area contributed by atoms with Crippen molar-refractivity contribution in [3.63, 3.8) is 0 Å². The van der Waals surface area contributed by atoms with Crippen LogP contribution in [0.4, 0.5) is 0 Å². The Labute approximate surface area is 94.9 Å². The van der Waals surface area contributed by atoms with E-state index in [1.165, 1.54) is 12.8 Å². The van der Waals surface area contributed by atoms with Crippen molar-refractivity contribution >= 4 is 10.0 Å². The van der Waals surface area contributed by atoms with Crippen molar-refractivity contribution in [1.82, 2.24) is 20.2 Å². The molecule has 1 saturated carbocycles. The second-order valence-corrected chi connectivity index (χ2v) is 5.90. The summed E-state index contributed by atoms with van der Waals surface area (Å²) in [6, 6.07) is 0.545. The van der Waals surface area contributed by atoms with Crippen LogP contribution < -0.4 is 10.0 Å². The van der Waals surface area contributed by atoms with E-state index in [0.717, 1.165) is 5.56 Å². The summed E-state index contributed by atoms with van der Waals surface area (Å²) in [5.41, 5.74) is 0.832. The molecule has 2 rings (SSSR count). The Morgan fingerprint density at radius 3 is 2.94 bits per heavy atom. The lowest BCUT2D eigenvalue weighted by Crippen LogP contribution is -2.32. The quantitative estimate of drug-likeness (QED) is 0.608. The molecule has 0 aromatic carbocycles. The molecule has 6 nitrogen and oxygen atoms in total. The van der Waals surface area contributed by atoms with Gasteiger partial charge in [-0.25, -0.2) is 13.1 Å². The third-order valence-electron chi connectivity index (χ3n) is 2.43. The molecular weight excluding hydrogens is 228 g/mol. The summed E-state index contributed by atoms with van der Waals surface area (Å²) >= 11 is 0. The summed E-state index contributed by atoms with van der Waals surface area (Å²) in [5.74, 6) is 0.126. The average molecular weight is 244 g/mol. The van der Waals surface area contributed by atoms with E-state index in [2.05, 4.69) is 20.2 Å². The smallest absolute Gasteiger partial charge is 0.213 e. The molecule has 0 amide bonds. The van der Waals surface area contributed by atoms with Crippen molar-refractivity contribution in [2.45, 2.75) is 25.4 Å². The van der Waals surface area contributed by atoms with Gasteiger partial charge in [0.1, 0.15) is 0 Å². The molecule has 1 heterocycles. The van der Waals surface area contributed by atoms with Crippen LogP contribution >= 0.6 is 0 Å². The zero-order chi connectivity index (χ0) is 11.4. The van der Waals surface area contributed by atoms with Crippen LogP contribution in [0, 0.1) is 0 Å². The normalized spacial score (nSPS) is 16.5. The van der Waals surface area contributed by atoms with Gasteiger partial charge in [0, 0.05) is 30.9 Å². The Kier molecular flexibility index (Phi) is 3.57. The Hall–Kier alpha value is -0.920. The molecule has 0 aliphatic heterocycles. The Bertz CT molecular complexity index is 411. The summed E-state index contributed by atoms with van der Waals surface area (Å²) < 4.78 is 25.6. The van der Waals surface area contributed by atoms with Crippen LogP contribution in [-0.2, 0) is 16.6 Å². The number of nitrogens with one attached hydrogen (secondary N) is 3. The minimum atomic E-state index is -3.18. The van der Waals surface area contributed by atoms with Gasteiger partial charge >= 0.3 is 0 Å². The van der Waals surface area contributed by atoms with E-state index in [1.54, 1.807) is 12.4 Å². The van der Waals surface area contributed by atoms with E-state index >= 15 is 0 Å². The number of hydrogen-bond donors (Lipinski definition) is 3. The lowest BCUT2D eigenvalue weighted by molar-refractivity contribution is 0.576. The molecule has 90 valence electrons. The van der Waals surface area contributed by atoms with E-state index in [4.69, 9.17) is 0 Å². The van der Waals surface area contributed by atoms with Crippen molar-refractivity contribution in [3.05, 3.63) is 18.0 Å². The molecule has 1 aliphatic rings. The Morgan fingerprint density at radius 2 is 2.31 bits per heavy atom. The highest BCUT2D eigenvalue weighted by Crippen LogP contribution is 2.17. The fraction of sp³-hybridized carbons (Fsp3) is 0.667. The van der Waals surface area contributed by atoms with Gasteiger partial charge in [-0.15, -0.1) is 0 Å². The van der Waals surface area contributed by atoms with Crippen LogP contribution in [0.2, 0.25) is 0 Å². The lowest BCUT2D eigenvalue weighted by atomic mass is 10.4. The van der Waals surface area contributed by atoms with Crippen molar-refractivity contribution < 1.29 is 8.42 Å². The predicted molar refractivity (Wildman–Crippen MR) is 60.2 cm³/mol. The van der Waals surface area contributed by atoms with Crippen LogP contribution in [0.5, 0.6) is 0 Å². The maximum absolute atomic E-state index is 11.5. The zero-order valence-corrected chi connectivity index (χ0v) is 9.76. The van der Waals surface area contributed by atoms with E-state index in [9.17, 15) is 8.42 Å². The molecule has 0 saturated heterocycles. The van der Waals surface area contributed by atoms with Crippen molar-refractivity contribution in [2.75, 3.05) is 12.3 Å². The molecule has 1 aliphatic carbocycles. The molecule has 0 bridgehead atoms. The molecular formula is C9H16N4O2S. The molecule has 0 spiro atoms. The third kappa shape index (κ3) is 3.92. The number of nitrogens with zero attached hydrogens (tertiary/aromatic N) is 1. The summed E-state index contributed by atoms with van der Waals surface area (Å²) in [6.07, 6.45) is 5.61. The first-order valence-corrected chi connectivity index (χ1v) is 6.99. The molecule has 7 heteroatoms. The standard InChI is InChI=1S/C9H16N4O2S/c14-16(15,4-3-10-9-1-2-9)13-7-8-5-11-12-6-8/h5-6,9-10,13H,1-4,7H2,(H,11,12). The SMILES string of the molecule is O=S(=O)(CCNC1CC1)NCc1cn[nH]c1. The molecule has 16 heavy (non-hydrogen) atoms. The Morgan fingerprint density at radius 1 is 1.50 bits per heavy atom. The van der Waals surface area contributed by atoms with E-state index in [1.807, 2.05) is 0 Å². The maximum atomic E-state index is 11.5. The first-order valence-electron chi connectivity index (χ1n) is 5.34. The summed E-state index contributed by atoms with van der Waals surface area (Å²) in [6.45, 7) is 0.813. The second-order valence-electron chi connectivity index (χ2n) is 3.97. The highest BCUT2D eigenvalue weighted by molar-refractivity contribution is 7.89. The van der Waals surface area contributed by atoms with Crippen molar-refractivity contribution in [2.24, 2.45) is 0 Å². The number of hydrogen-bond acceptors (Lipinski definition) is 4. The maximum Gasteiger partial charge on any atom is 0.213 e. The molecule has 0 radical (unpaired) electrons. The lowest BCUT2D eigenvalue weighted by Gasteiger charge is -2.05. The molecule has 3 N–H and O–H groups in total. The number of H-pyrrole nitrogens is 1. The first kappa shape index (κ1) is 11.6. The first-order chi connectivity index (χ1) is 7.66. The average Bonchev–Trinajstić information content (AvgIpc) is 2.91. The second kappa shape index (κ2) is 4.94. The van der Waals surface area contributed by atoms with Gasteiger partial charge in [-0.3, -0.25) is 5.10 Å². The van der Waals surface area contributed by atoms with Gasteiger partial charge in [0.15, 0.2) is 0 Å². The van der Waals surface area contributed by atoms with Crippen LogP contribution in [0.1, 0.15) is 18.4 Å². The molecule has 1 aromatic rings. The molecule has 1 fully saturated rings. The van der Waals surface area contributed by atoms with Crippen molar-refractivity contribution in [3.8, 4) is 0 Å². The fourth-order valence-electron chi connectivity index (χ4n) is 1.32. The highest BCUT2D eigenvalue weighted by Gasteiger charge is 2.21. The minimum Gasteiger partial charge on any atom is -0.313 e. The topological polar surface area (TPSA) is 86.9 Å². The third-order valence-corrected chi connectivity index (χ3v) is 3.76. The summed E-state index contributed by atoms with van der Waals surface area (Å²) in [5, 5.41) is 9.55. The van der Waals surface area contributed by atoms with E-state index in [0.29, 0.717) is 19.1 Å². The van der Waals surface area contributed by atoms with Gasteiger partial charge < -0.3 is 5.32 Å². The van der Waals surface area contributed by atoms with Gasteiger partial charge in [-0.1, -0.05) is 0 Å². The van der Waals surface area contributed by atoms with Gasteiger partial charge in [0.25, 0.3) is 0 Å². The number of rotatable bonds is 7. The summed E-state index contributed by atoms with van der Waals surface area (Å²) in [4.78, 5) is 0. The van der Waals surface area contributed by atoms with Crippen LogP contribution in [0.15, 0.2) is 12.4 Å². The van der Waals surface area contributed by atoms with Gasteiger partial charge in [0.05, 0.1) is 11.9 Å². The molecule has 0 unspecified atom stereocenters. The number of sulfonamides is 1. The van der Waals surface area contributed by atoms with Crippen LogP contribution in [0.3, 0.4) is 0 Å². The largest absolute Gasteiger partial charge is 0.313 e. The van der Waals surface area contributed by atoms with Gasteiger partial charge in [-0.05, 0) is 12.8 Å². The highest BCUT2D eigenvalue weighted by atomic mass is 32.2. The summed E-state index contributed by atoms with van der Waals surface area (Å²) in [7, 11) is -3.18. The monoisotopic (exact) mass is 244 g/mol. The number of aromatic nitrogens is 2. The van der Waals surface area contributed by atoms with E-state index in [-0.39, 0.29) is 5.75 Å². The zero-order valence-electron chi connectivity index (χ0n) is 8.94. The van der Waals surface area contributed by atoms with Crippen LogP contribution in [-0.4, -0.2) is 37.0 Å². The minimum absolute atomic E-state index is 0.126. The molecule has 1 aromatic heterocycles.